The van der Waals surface area contributed by atoms with Crippen molar-refractivity contribution in [3.63, 3.8) is 0 Å². The summed E-state index contributed by atoms with van der Waals surface area (Å²) < 4.78 is 16.4. The fraction of sp³-hybridized carbons (Fsp3) is 0.300. The summed E-state index contributed by atoms with van der Waals surface area (Å²) in [6.45, 7) is -0.881. The van der Waals surface area contributed by atoms with E-state index in [0.717, 1.165) is 5.56 Å². The van der Waals surface area contributed by atoms with Crippen LogP contribution in [-0.2, 0) is 11.2 Å². The summed E-state index contributed by atoms with van der Waals surface area (Å²) in [7, 11) is 0. The number of carbonyl (C=O) groups is 1. The second-order valence-electron chi connectivity index (χ2n) is 3.05. The molecular weight excluding hydrogens is 201 g/mol. The van der Waals surface area contributed by atoms with E-state index in [4.69, 9.17) is 10.8 Å². The Morgan fingerprint density at radius 1 is 1.47 bits per heavy atom. The molecule has 0 fully saturated rings. The second-order valence-corrected chi connectivity index (χ2v) is 3.05. The van der Waals surface area contributed by atoms with Crippen molar-refractivity contribution in [2.45, 2.75) is 12.5 Å². The van der Waals surface area contributed by atoms with E-state index in [1.165, 1.54) is 0 Å². The number of aliphatic carboxylic acids is 1. The molecule has 1 atom stereocenters. The molecule has 5 heteroatoms. The summed E-state index contributed by atoms with van der Waals surface area (Å²) in [5.41, 5.74) is 6.13. The number of carboxylic acid groups (broad SMARTS) is 1. The van der Waals surface area contributed by atoms with E-state index in [1.54, 1.807) is 24.3 Å². The Kier molecular flexibility index (Phi) is 4.05. The van der Waals surface area contributed by atoms with Gasteiger partial charge in [-0.2, -0.15) is 0 Å². The number of nitrogens with two attached hydrogens (primary N) is 1. The molecule has 1 unspecified atom stereocenters. The van der Waals surface area contributed by atoms with Gasteiger partial charge < -0.3 is 15.6 Å². The van der Waals surface area contributed by atoms with Crippen LogP contribution >= 0.6 is 0 Å². The lowest BCUT2D eigenvalue weighted by Crippen LogP contribution is -2.32. The van der Waals surface area contributed by atoms with Crippen molar-refractivity contribution in [3.05, 3.63) is 29.8 Å². The minimum atomic E-state index is -1.04. The predicted molar refractivity (Wildman–Crippen MR) is 52.4 cm³/mol. The summed E-state index contributed by atoms with van der Waals surface area (Å²) >= 11 is 0. The minimum absolute atomic E-state index is 0.241. The first-order chi connectivity index (χ1) is 7.13. The van der Waals surface area contributed by atoms with Gasteiger partial charge in [-0.25, -0.2) is 4.39 Å². The van der Waals surface area contributed by atoms with E-state index in [-0.39, 0.29) is 6.42 Å². The number of benzene rings is 1. The Morgan fingerprint density at radius 2 is 2.07 bits per heavy atom. The van der Waals surface area contributed by atoms with Crippen LogP contribution in [0.25, 0.3) is 0 Å². The molecule has 0 spiro atoms. The fourth-order valence-corrected chi connectivity index (χ4v) is 1.13. The highest BCUT2D eigenvalue weighted by Crippen LogP contribution is 2.13. The molecule has 0 saturated heterocycles. The minimum Gasteiger partial charge on any atom is -0.480 e. The van der Waals surface area contributed by atoms with Crippen LogP contribution in [-0.4, -0.2) is 24.0 Å². The van der Waals surface area contributed by atoms with Crippen molar-refractivity contribution in [2.24, 2.45) is 5.73 Å². The van der Waals surface area contributed by atoms with Gasteiger partial charge in [0.2, 0.25) is 6.86 Å². The molecule has 0 aliphatic heterocycles. The van der Waals surface area contributed by atoms with Crippen LogP contribution in [0.2, 0.25) is 0 Å². The highest BCUT2D eigenvalue weighted by molar-refractivity contribution is 5.73. The van der Waals surface area contributed by atoms with Crippen molar-refractivity contribution in [1.82, 2.24) is 0 Å². The van der Waals surface area contributed by atoms with Gasteiger partial charge in [0.15, 0.2) is 0 Å². The molecule has 1 aromatic rings. The van der Waals surface area contributed by atoms with Gasteiger partial charge >= 0.3 is 5.97 Å². The number of alkyl halides is 1. The lowest BCUT2D eigenvalue weighted by atomic mass is 10.1. The van der Waals surface area contributed by atoms with Crippen LogP contribution < -0.4 is 10.5 Å². The number of halogens is 1. The highest BCUT2D eigenvalue weighted by atomic mass is 19.1. The van der Waals surface area contributed by atoms with E-state index in [2.05, 4.69) is 4.74 Å². The largest absolute Gasteiger partial charge is 0.480 e. The number of rotatable bonds is 5. The highest BCUT2D eigenvalue weighted by Gasteiger charge is 2.11. The van der Waals surface area contributed by atoms with Crippen LogP contribution in [0.5, 0.6) is 5.75 Å². The van der Waals surface area contributed by atoms with Crippen molar-refractivity contribution in [3.8, 4) is 5.75 Å². The SMILES string of the molecule is NC(Cc1ccc(OCF)cc1)C(=O)O. The molecule has 0 amide bonds. The van der Waals surface area contributed by atoms with Crippen LogP contribution in [0, 0.1) is 0 Å². The monoisotopic (exact) mass is 213 g/mol. The first kappa shape index (κ1) is 11.5. The first-order valence-corrected chi connectivity index (χ1v) is 4.39. The molecular formula is C10H12FNO3. The number of hydrogen-bond acceptors (Lipinski definition) is 3. The first-order valence-electron chi connectivity index (χ1n) is 4.39. The molecule has 0 bridgehead atoms. The number of ether oxygens (including phenoxy) is 1. The van der Waals surface area contributed by atoms with Crippen molar-refractivity contribution in [1.29, 1.82) is 0 Å². The van der Waals surface area contributed by atoms with Crippen LogP contribution in [0.3, 0.4) is 0 Å². The van der Waals surface area contributed by atoms with Gasteiger partial charge in [-0.05, 0) is 24.1 Å². The molecule has 1 rings (SSSR count). The molecule has 82 valence electrons. The second kappa shape index (κ2) is 5.31. The molecule has 0 saturated carbocycles. The molecule has 0 heterocycles. The van der Waals surface area contributed by atoms with E-state index in [1.807, 2.05) is 0 Å². The Labute approximate surface area is 86.5 Å². The third kappa shape index (κ3) is 3.55. The average Bonchev–Trinajstić information content (AvgIpc) is 2.21. The van der Waals surface area contributed by atoms with Gasteiger partial charge in [0.05, 0.1) is 0 Å². The zero-order chi connectivity index (χ0) is 11.3. The molecule has 0 aromatic heterocycles. The van der Waals surface area contributed by atoms with Gasteiger partial charge in [0.1, 0.15) is 11.8 Å². The van der Waals surface area contributed by atoms with Crippen LogP contribution in [0.1, 0.15) is 5.56 Å². The summed E-state index contributed by atoms with van der Waals surface area (Å²) in [6, 6.07) is 5.55. The molecule has 1 aromatic carbocycles. The Bertz CT molecular complexity index is 326. The maximum atomic E-state index is 11.8. The zero-order valence-corrected chi connectivity index (χ0v) is 8.02. The smallest absolute Gasteiger partial charge is 0.320 e. The Morgan fingerprint density at radius 3 is 2.53 bits per heavy atom. The molecule has 0 aliphatic rings. The summed E-state index contributed by atoms with van der Waals surface area (Å²) in [4.78, 5) is 10.5. The van der Waals surface area contributed by atoms with Gasteiger partial charge in [0.25, 0.3) is 0 Å². The summed E-state index contributed by atoms with van der Waals surface area (Å²) in [6.07, 6.45) is 0.241. The van der Waals surface area contributed by atoms with E-state index < -0.39 is 18.9 Å². The van der Waals surface area contributed by atoms with E-state index in [0.29, 0.717) is 5.75 Å². The van der Waals surface area contributed by atoms with Gasteiger partial charge in [-0.3, -0.25) is 4.79 Å². The maximum absolute atomic E-state index is 11.8. The lowest BCUT2D eigenvalue weighted by molar-refractivity contribution is -0.138. The van der Waals surface area contributed by atoms with Crippen LogP contribution in [0.15, 0.2) is 24.3 Å². The number of carboxylic acids is 1. The summed E-state index contributed by atoms with van der Waals surface area (Å²) in [5.74, 6) is -0.635. The Balaban J connectivity index is 2.60. The third-order valence-corrected chi connectivity index (χ3v) is 1.92. The van der Waals surface area contributed by atoms with E-state index in [9.17, 15) is 9.18 Å². The average molecular weight is 213 g/mol. The van der Waals surface area contributed by atoms with Crippen molar-refractivity contribution >= 4 is 5.97 Å². The van der Waals surface area contributed by atoms with E-state index >= 15 is 0 Å². The molecule has 0 aliphatic carbocycles. The molecule has 15 heavy (non-hydrogen) atoms. The van der Waals surface area contributed by atoms with Crippen molar-refractivity contribution < 1.29 is 19.0 Å². The molecule has 0 radical (unpaired) electrons. The zero-order valence-electron chi connectivity index (χ0n) is 8.02. The van der Waals surface area contributed by atoms with Gasteiger partial charge in [-0.1, -0.05) is 12.1 Å². The maximum Gasteiger partial charge on any atom is 0.320 e. The lowest BCUT2D eigenvalue weighted by Gasteiger charge is -2.07. The topological polar surface area (TPSA) is 72.5 Å². The Hall–Kier alpha value is -1.62. The van der Waals surface area contributed by atoms with Gasteiger partial charge in [0, 0.05) is 0 Å². The third-order valence-electron chi connectivity index (χ3n) is 1.92. The normalized spacial score (nSPS) is 12.1. The predicted octanol–water partition coefficient (Wildman–Crippen LogP) is 0.947. The van der Waals surface area contributed by atoms with Gasteiger partial charge in [-0.15, -0.1) is 0 Å². The number of hydrogen-bond donors (Lipinski definition) is 2. The standard InChI is InChI=1S/C10H12FNO3/c11-6-15-8-3-1-7(2-4-8)5-9(12)10(13)14/h1-4,9H,5-6,12H2,(H,13,14). The quantitative estimate of drug-likeness (QED) is 0.763. The molecule has 4 nitrogen and oxygen atoms in total. The van der Waals surface area contributed by atoms with Crippen LogP contribution in [0.4, 0.5) is 4.39 Å². The molecule has 3 N–H and O–H groups in total. The fourth-order valence-electron chi connectivity index (χ4n) is 1.13. The summed E-state index contributed by atoms with van der Waals surface area (Å²) in [5, 5.41) is 8.58. The van der Waals surface area contributed by atoms with Crippen molar-refractivity contribution in [2.75, 3.05) is 6.86 Å².